The summed E-state index contributed by atoms with van der Waals surface area (Å²) in [6, 6.07) is 0.533. The third-order valence-electron chi connectivity index (χ3n) is 3.53. The van der Waals surface area contributed by atoms with Crippen LogP contribution in [-0.4, -0.2) is 12.6 Å². The SMILES string of the molecule is C=CC(CC(C)CC)NCC1CCC1. The monoisotopic (exact) mass is 195 g/mol. The fraction of sp³-hybridized carbons (Fsp3) is 0.846. The second-order valence-electron chi connectivity index (χ2n) is 4.80. The standard InChI is InChI=1S/C13H25N/c1-4-11(3)9-13(5-2)14-10-12-7-6-8-12/h5,11-14H,2,4,6-10H2,1,3H3. The Kier molecular flexibility index (Phi) is 5.24. The van der Waals surface area contributed by atoms with Gasteiger partial charge in [-0.2, -0.15) is 0 Å². The van der Waals surface area contributed by atoms with Crippen molar-refractivity contribution in [3.05, 3.63) is 12.7 Å². The van der Waals surface area contributed by atoms with E-state index in [4.69, 9.17) is 0 Å². The molecule has 1 aliphatic rings. The minimum Gasteiger partial charge on any atom is -0.310 e. The van der Waals surface area contributed by atoms with Gasteiger partial charge in [0, 0.05) is 6.04 Å². The van der Waals surface area contributed by atoms with Crippen LogP contribution in [0.5, 0.6) is 0 Å². The lowest BCUT2D eigenvalue weighted by molar-refractivity contribution is 0.288. The van der Waals surface area contributed by atoms with Crippen molar-refractivity contribution in [2.75, 3.05) is 6.54 Å². The molecule has 0 bridgehead atoms. The van der Waals surface area contributed by atoms with Crippen molar-refractivity contribution < 1.29 is 0 Å². The van der Waals surface area contributed by atoms with E-state index < -0.39 is 0 Å². The van der Waals surface area contributed by atoms with Crippen LogP contribution in [0.3, 0.4) is 0 Å². The van der Waals surface area contributed by atoms with Crippen molar-refractivity contribution in [3.8, 4) is 0 Å². The Morgan fingerprint density at radius 3 is 2.64 bits per heavy atom. The van der Waals surface area contributed by atoms with Gasteiger partial charge in [-0.05, 0) is 37.6 Å². The summed E-state index contributed by atoms with van der Waals surface area (Å²) in [4.78, 5) is 0. The first-order chi connectivity index (χ1) is 6.76. The highest BCUT2D eigenvalue weighted by Gasteiger charge is 2.18. The summed E-state index contributed by atoms with van der Waals surface area (Å²) in [6.07, 6.45) is 8.89. The van der Waals surface area contributed by atoms with E-state index >= 15 is 0 Å². The van der Waals surface area contributed by atoms with Crippen molar-refractivity contribution in [2.45, 2.75) is 52.0 Å². The molecule has 0 aromatic rings. The Balaban J connectivity index is 2.13. The van der Waals surface area contributed by atoms with Gasteiger partial charge < -0.3 is 5.32 Å². The summed E-state index contributed by atoms with van der Waals surface area (Å²) in [5.41, 5.74) is 0. The molecule has 0 spiro atoms. The van der Waals surface area contributed by atoms with Gasteiger partial charge in [0.1, 0.15) is 0 Å². The van der Waals surface area contributed by atoms with Crippen LogP contribution in [0.4, 0.5) is 0 Å². The number of hydrogen-bond acceptors (Lipinski definition) is 1. The zero-order valence-corrected chi connectivity index (χ0v) is 9.76. The fourth-order valence-electron chi connectivity index (χ4n) is 1.88. The Morgan fingerprint density at radius 1 is 1.50 bits per heavy atom. The molecule has 2 unspecified atom stereocenters. The third kappa shape index (κ3) is 3.83. The van der Waals surface area contributed by atoms with E-state index in [2.05, 4.69) is 31.8 Å². The minimum atomic E-state index is 0.533. The average molecular weight is 195 g/mol. The van der Waals surface area contributed by atoms with Crippen molar-refractivity contribution in [1.29, 1.82) is 0 Å². The maximum absolute atomic E-state index is 3.91. The first kappa shape index (κ1) is 11.8. The first-order valence-electron chi connectivity index (χ1n) is 6.12. The molecule has 0 heterocycles. The van der Waals surface area contributed by atoms with Crippen LogP contribution in [-0.2, 0) is 0 Å². The molecule has 1 nitrogen and oxygen atoms in total. The average Bonchev–Trinajstić information content (AvgIpc) is 2.13. The third-order valence-corrected chi connectivity index (χ3v) is 3.53. The molecular formula is C13H25N. The summed E-state index contributed by atoms with van der Waals surface area (Å²) in [6.45, 7) is 9.69. The number of hydrogen-bond donors (Lipinski definition) is 1. The summed E-state index contributed by atoms with van der Waals surface area (Å²) in [5.74, 6) is 1.77. The Bertz CT molecular complexity index is 161. The Morgan fingerprint density at radius 2 is 2.21 bits per heavy atom. The van der Waals surface area contributed by atoms with Crippen LogP contribution in [0.15, 0.2) is 12.7 Å². The van der Waals surface area contributed by atoms with E-state index in [0.29, 0.717) is 6.04 Å². The molecule has 1 aliphatic carbocycles. The first-order valence-corrected chi connectivity index (χ1v) is 6.12. The van der Waals surface area contributed by atoms with Crippen LogP contribution in [0.2, 0.25) is 0 Å². The highest BCUT2D eigenvalue weighted by atomic mass is 14.9. The van der Waals surface area contributed by atoms with Gasteiger partial charge in [-0.25, -0.2) is 0 Å². The summed E-state index contributed by atoms with van der Waals surface area (Å²) < 4.78 is 0. The molecule has 1 saturated carbocycles. The molecule has 2 atom stereocenters. The quantitative estimate of drug-likeness (QED) is 0.614. The second-order valence-corrected chi connectivity index (χ2v) is 4.80. The topological polar surface area (TPSA) is 12.0 Å². The molecule has 0 radical (unpaired) electrons. The van der Waals surface area contributed by atoms with Gasteiger partial charge >= 0.3 is 0 Å². The lowest BCUT2D eigenvalue weighted by Crippen LogP contribution is -2.35. The van der Waals surface area contributed by atoms with Gasteiger partial charge in [0.05, 0.1) is 0 Å². The van der Waals surface area contributed by atoms with Crippen molar-refractivity contribution >= 4 is 0 Å². The Hall–Kier alpha value is -0.300. The highest BCUT2D eigenvalue weighted by molar-refractivity contribution is 4.87. The normalized spacial score (nSPS) is 21.3. The summed E-state index contributed by atoms with van der Waals surface area (Å²) in [5, 5.41) is 3.62. The van der Waals surface area contributed by atoms with Gasteiger partial charge in [-0.3, -0.25) is 0 Å². The van der Waals surface area contributed by atoms with E-state index in [-0.39, 0.29) is 0 Å². The summed E-state index contributed by atoms with van der Waals surface area (Å²) in [7, 11) is 0. The number of nitrogens with one attached hydrogen (secondary N) is 1. The molecule has 1 heteroatoms. The molecule has 0 saturated heterocycles. The minimum absolute atomic E-state index is 0.533. The van der Waals surface area contributed by atoms with Crippen molar-refractivity contribution in [1.82, 2.24) is 5.32 Å². The Labute approximate surface area is 89.0 Å². The van der Waals surface area contributed by atoms with Gasteiger partial charge in [0.15, 0.2) is 0 Å². The van der Waals surface area contributed by atoms with Gasteiger partial charge in [0.2, 0.25) is 0 Å². The molecule has 0 amide bonds. The lowest BCUT2D eigenvalue weighted by atomic mass is 9.85. The zero-order valence-electron chi connectivity index (χ0n) is 9.76. The second kappa shape index (κ2) is 6.23. The fourth-order valence-corrected chi connectivity index (χ4v) is 1.88. The molecular weight excluding hydrogens is 170 g/mol. The van der Waals surface area contributed by atoms with Crippen LogP contribution in [0, 0.1) is 11.8 Å². The smallest absolute Gasteiger partial charge is 0.0250 e. The van der Waals surface area contributed by atoms with E-state index in [0.717, 1.165) is 11.8 Å². The molecule has 0 aliphatic heterocycles. The van der Waals surface area contributed by atoms with Crippen molar-refractivity contribution in [2.24, 2.45) is 11.8 Å². The maximum atomic E-state index is 3.91. The molecule has 0 aromatic heterocycles. The predicted octanol–water partition coefficient (Wildman–Crippen LogP) is 3.37. The molecule has 1 rings (SSSR count). The molecule has 1 N–H and O–H groups in total. The molecule has 82 valence electrons. The largest absolute Gasteiger partial charge is 0.310 e. The molecule has 0 aromatic carbocycles. The van der Waals surface area contributed by atoms with Gasteiger partial charge in [-0.15, -0.1) is 6.58 Å². The van der Waals surface area contributed by atoms with E-state index in [1.807, 2.05) is 0 Å². The maximum Gasteiger partial charge on any atom is 0.0250 e. The zero-order chi connectivity index (χ0) is 10.4. The van der Waals surface area contributed by atoms with Crippen LogP contribution < -0.4 is 5.32 Å². The van der Waals surface area contributed by atoms with E-state index in [1.54, 1.807) is 0 Å². The van der Waals surface area contributed by atoms with Crippen LogP contribution >= 0.6 is 0 Å². The predicted molar refractivity (Wildman–Crippen MR) is 63.4 cm³/mol. The van der Waals surface area contributed by atoms with Crippen molar-refractivity contribution in [3.63, 3.8) is 0 Å². The van der Waals surface area contributed by atoms with Crippen LogP contribution in [0.1, 0.15) is 46.0 Å². The summed E-state index contributed by atoms with van der Waals surface area (Å²) >= 11 is 0. The van der Waals surface area contributed by atoms with E-state index in [1.165, 1.54) is 38.6 Å². The number of rotatable bonds is 7. The molecule has 1 fully saturated rings. The van der Waals surface area contributed by atoms with Gasteiger partial charge in [0.25, 0.3) is 0 Å². The van der Waals surface area contributed by atoms with Gasteiger partial charge in [-0.1, -0.05) is 32.8 Å². The van der Waals surface area contributed by atoms with E-state index in [9.17, 15) is 0 Å². The van der Waals surface area contributed by atoms with Crippen LogP contribution in [0.25, 0.3) is 0 Å². The lowest BCUT2D eigenvalue weighted by Gasteiger charge is -2.28. The highest BCUT2D eigenvalue weighted by Crippen LogP contribution is 2.25. The molecule has 14 heavy (non-hydrogen) atoms.